The van der Waals surface area contributed by atoms with Crippen molar-refractivity contribution in [2.75, 3.05) is 13.7 Å². The van der Waals surface area contributed by atoms with E-state index < -0.39 is 5.97 Å². The van der Waals surface area contributed by atoms with Crippen LogP contribution in [0.1, 0.15) is 13.8 Å². The Balaban J connectivity index is 2.26. The highest BCUT2D eigenvalue weighted by Gasteiger charge is 2.21. The second kappa shape index (κ2) is 7.04. The number of carbonyl (C=O) groups is 2. The van der Waals surface area contributed by atoms with Crippen LogP contribution in [-0.2, 0) is 20.9 Å². The smallest absolute Gasteiger partial charge is 0.325 e. The van der Waals surface area contributed by atoms with Crippen molar-refractivity contribution in [3.63, 3.8) is 0 Å². The summed E-state index contributed by atoms with van der Waals surface area (Å²) in [7, 11) is 1.27. The summed E-state index contributed by atoms with van der Waals surface area (Å²) in [6.45, 7) is 3.26. The molecule has 0 aliphatic carbocycles. The number of hydrogen-bond acceptors (Lipinski definition) is 5. The van der Waals surface area contributed by atoms with E-state index in [9.17, 15) is 14.4 Å². The highest BCUT2D eigenvalue weighted by molar-refractivity contribution is 5.82. The number of nitrogens with zero attached hydrogens (tertiary/aromatic N) is 3. The minimum absolute atomic E-state index is 0.150. The van der Waals surface area contributed by atoms with E-state index in [2.05, 4.69) is 9.72 Å². The van der Waals surface area contributed by atoms with Gasteiger partial charge in [0.2, 0.25) is 5.91 Å². The van der Waals surface area contributed by atoms with Crippen molar-refractivity contribution < 1.29 is 14.3 Å². The molecule has 0 spiro atoms. The summed E-state index contributed by atoms with van der Waals surface area (Å²) in [6, 6.07) is 6.75. The van der Waals surface area contributed by atoms with Gasteiger partial charge in [0.1, 0.15) is 13.1 Å². The summed E-state index contributed by atoms with van der Waals surface area (Å²) >= 11 is 0. The number of rotatable bonds is 5. The first kappa shape index (κ1) is 16.7. The maximum atomic E-state index is 12.4. The average molecular weight is 317 g/mol. The Morgan fingerprint density at radius 2 is 2.00 bits per heavy atom. The lowest BCUT2D eigenvalue weighted by atomic mass is 10.2. The Labute approximate surface area is 133 Å². The molecule has 7 heteroatoms. The maximum absolute atomic E-state index is 12.4. The molecule has 0 saturated carbocycles. The zero-order valence-electron chi connectivity index (χ0n) is 13.4. The van der Waals surface area contributed by atoms with Crippen LogP contribution in [0.25, 0.3) is 10.9 Å². The van der Waals surface area contributed by atoms with E-state index in [1.165, 1.54) is 22.9 Å². The van der Waals surface area contributed by atoms with Gasteiger partial charge in [-0.15, -0.1) is 0 Å². The molecule has 1 amide bonds. The molecule has 0 atom stereocenters. The maximum Gasteiger partial charge on any atom is 0.325 e. The Hall–Kier alpha value is -2.70. The van der Waals surface area contributed by atoms with Crippen molar-refractivity contribution in [2.24, 2.45) is 0 Å². The highest BCUT2D eigenvalue weighted by Crippen LogP contribution is 2.06. The van der Waals surface area contributed by atoms with Gasteiger partial charge in [0.15, 0.2) is 0 Å². The second-order valence-corrected chi connectivity index (χ2v) is 5.39. The molecule has 122 valence electrons. The normalized spacial score (nSPS) is 10.8. The summed E-state index contributed by atoms with van der Waals surface area (Å²) in [4.78, 5) is 41.8. The number of fused-ring (bicyclic) bond motifs is 1. The number of para-hydroxylation sites is 1. The fourth-order valence-electron chi connectivity index (χ4n) is 2.22. The molecule has 0 bridgehead atoms. The molecule has 0 aliphatic rings. The van der Waals surface area contributed by atoms with Crippen LogP contribution in [-0.4, -0.2) is 46.0 Å². The van der Waals surface area contributed by atoms with E-state index in [-0.39, 0.29) is 30.6 Å². The molecule has 1 aromatic carbocycles. The summed E-state index contributed by atoms with van der Waals surface area (Å²) in [5, 5.41) is 0.451. The third-order valence-corrected chi connectivity index (χ3v) is 3.51. The van der Waals surface area contributed by atoms with Crippen molar-refractivity contribution in [2.45, 2.75) is 26.4 Å². The predicted octanol–water partition coefficient (Wildman–Crippen LogP) is 0.806. The second-order valence-electron chi connectivity index (χ2n) is 5.39. The van der Waals surface area contributed by atoms with Crippen LogP contribution in [0.5, 0.6) is 0 Å². The van der Waals surface area contributed by atoms with Crippen molar-refractivity contribution in [3.8, 4) is 0 Å². The Morgan fingerprint density at radius 1 is 1.30 bits per heavy atom. The molecule has 2 rings (SSSR count). The summed E-state index contributed by atoms with van der Waals surface area (Å²) in [5.41, 5.74) is 0.294. The number of amides is 1. The van der Waals surface area contributed by atoms with Crippen molar-refractivity contribution in [1.82, 2.24) is 14.5 Å². The number of ether oxygens (including phenoxy) is 1. The molecular weight excluding hydrogens is 298 g/mol. The Morgan fingerprint density at radius 3 is 2.65 bits per heavy atom. The number of aromatic nitrogens is 2. The number of methoxy groups -OCH3 is 1. The lowest BCUT2D eigenvalue weighted by Gasteiger charge is -2.25. The highest BCUT2D eigenvalue weighted by atomic mass is 16.5. The van der Waals surface area contributed by atoms with Crippen LogP contribution < -0.4 is 5.56 Å². The number of carbonyl (C=O) groups excluding carboxylic acids is 2. The third kappa shape index (κ3) is 3.74. The quantitative estimate of drug-likeness (QED) is 0.762. The lowest BCUT2D eigenvalue weighted by molar-refractivity contribution is -0.148. The van der Waals surface area contributed by atoms with E-state index >= 15 is 0 Å². The number of benzene rings is 1. The largest absolute Gasteiger partial charge is 0.468 e. The van der Waals surface area contributed by atoms with E-state index in [1.807, 2.05) is 0 Å². The first-order chi connectivity index (χ1) is 10.9. The first-order valence-corrected chi connectivity index (χ1v) is 7.24. The van der Waals surface area contributed by atoms with Crippen LogP contribution in [0.4, 0.5) is 0 Å². The van der Waals surface area contributed by atoms with Gasteiger partial charge >= 0.3 is 5.97 Å². The predicted molar refractivity (Wildman–Crippen MR) is 84.9 cm³/mol. The zero-order chi connectivity index (χ0) is 17.0. The van der Waals surface area contributed by atoms with Crippen LogP contribution >= 0.6 is 0 Å². The molecule has 0 saturated heterocycles. The molecule has 2 aromatic rings. The summed E-state index contributed by atoms with van der Waals surface area (Å²) < 4.78 is 5.85. The number of esters is 1. The Bertz CT molecular complexity index is 782. The van der Waals surface area contributed by atoms with E-state index in [0.717, 1.165) is 0 Å². The molecule has 1 heterocycles. The molecule has 0 fully saturated rings. The third-order valence-electron chi connectivity index (χ3n) is 3.51. The first-order valence-electron chi connectivity index (χ1n) is 7.24. The van der Waals surface area contributed by atoms with Gasteiger partial charge in [0.25, 0.3) is 5.56 Å². The molecule has 0 aliphatic heterocycles. The van der Waals surface area contributed by atoms with Gasteiger partial charge in [0.05, 0.1) is 24.3 Å². The SMILES string of the molecule is COC(=O)CN(C(=O)Cn1cnc2ccccc2c1=O)C(C)C. The van der Waals surface area contributed by atoms with Crippen molar-refractivity contribution >= 4 is 22.8 Å². The van der Waals surface area contributed by atoms with Crippen LogP contribution in [0.3, 0.4) is 0 Å². The fourth-order valence-corrected chi connectivity index (χ4v) is 2.22. The van der Waals surface area contributed by atoms with E-state index in [4.69, 9.17) is 0 Å². The van der Waals surface area contributed by atoms with Gasteiger partial charge in [-0.25, -0.2) is 4.98 Å². The minimum Gasteiger partial charge on any atom is -0.468 e. The molecule has 0 N–H and O–H groups in total. The molecule has 0 radical (unpaired) electrons. The van der Waals surface area contributed by atoms with E-state index in [1.54, 1.807) is 38.1 Å². The monoisotopic (exact) mass is 317 g/mol. The molecule has 0 unspecified atom stereocenters. The standard InChI is InChI=1S/C16H19N3O4/c1-11(2)19(9-15(21)23-3)14(20)8-18-10-17-13-7-5-4-6-12(13)16(18)22/h4-7,10-11H,8-9H2,1-3H3. The van der Waals surface area contributed by atoms with Gasteiger partial charge in [-0.05, 0) is 26.0 Å². The van der Waals surface area contributed by atoms with Gasteiger partial charge in [-0.2, -0.15) is 0 Å². The Kier molecular flexibility index (Phi) is 5.10. The van der Waals surface area contributed by atoms with Crippen molar-refractivity contribution in [3.05, 3.63) is 40.9 Å². The van der Waals surface area contributed by atoms with Crippen LogP contribution in [0, 0.1) is 0 Å². The van der Waals surface area contributed by atoms with Crippen LogP contribution in [0.15, 0.2) is 35.4 Å². The van der Waals surface area contributed by atoms with Crippen LogP contribution in [0.2, 0.25) is 0 Å². The lowest BCUT2D eigenvalue weighted by Crippen LogP contribution is -2.43. The summed E-state index contributed by atoms with van der Waals surface area (Å²) in [5.74, 6) is -0.847. The molecule has 1 aromatic heterocycles. The minimum atomic E-state index is -0.504. The average Bonchev–Trinajstić information content (AvgIpc) is 2.54. The molecule has 23 heavy (non-hydrogen) atoms. The molecular formula is C16H19N3O4. The van der Waals surface area contributed by atoms with Gasteiger partial charge < -0.3 is 9.64 Å². The molecule has 7 nitrogen and oxygen atoms in total. The summed E-state index contributed by atoms with van der Waals surface area (Å²) in [6.07, 6.45) is 1.35. The van der Waals surface area contributed by atoms with Gasteiger partial charge in [-0.3, -0.25) is 19.0 Å². The number of hydrogen-bond donors (Lipinski definition) is 0. The van der Waals surface area contributed by atoms with Gasteiger partial charge in [-0.1, -0.05) is 12.1 Å². The van der Waals surface area contributed by atoms with E-state index in [0.29, 0.717) is 10.9 Å². The zero-order valence-corrected chi connectivity index (χ0v) is 13.4. The fraction of sp³-hybridized carbons (Fsp3) is 0.375. The topological polar surface area (TPSA) is 81.5 Å². The van der Waals surface area contributed by atoms with Crippen molar-refractivity contribution in [1.29, 1.82) is 0 Å². The van der Waals surface area contributed by atoms with Gasteiger partial charge in [0, 0.05) is 6.04 Å².